The van der Waals surface area contributed by atoms with Crippen molar-refractivity contribution in [1.82, 2.24) is 15.3 Å². The largest absolute Gasteiger partial charge is 0.339 e. The zero-order valence-corrected chi connectivity index (χ0v) is 20.8. The molecule has 1 unspecified atom stereocenters. The van der Waals surface area contributed by atoms with Crippen molar-refractivity contribution in [2.75, 3.05) is 0 Å². The molecule has 1 amide bonds. The molecule has 0 spiro atoms. The Hall–Kier alpha value is -1.28. The van der Waals surface area contributed by atoms with Gasteiger partial charge < -0.3 is 10.3 Å². The van der Waals surface area contributed by atoms with Gasteiger partial charge in [-0.2, -0.15) is 0 Å². The van der Waals surface area contributed by atoms with E-state index in [-0.39, 0.29) is 17.4 Å². The number of aliphatic imine (C=N–C) groups is 1. The Bertz CT molecular complexity index is 952. The molecule has 0 radical (unpaired) electrons. The van der Waals surface area contributed by atoms with Gasteiger partial charge >= 0.3 is 5.20 Å². The number of aromatic nitrogens is 2. The molecule has 0 bridgehead atoms. The number of amides is 1. The van der Waals surface area contributed by atoms with Crippen LogP contribution in [0.25, 0.3) is 0 Å². The van der Waals surface area contributed by atoms with Crippen LogP contribution in [-0.4, -0.2) is 27.2 Å². The molecule has 1 aliphatic rings. The molecule has 1 aliphatic heterocycles. The van der Waals surface area contributed by atoms with Gasteiger partial charge in [0.25, 0.3) is 5.56 Å². The number of carbonyl (C=O) groups excluding carboxylic acids is 1. The molecule has 0 aliphatic carbocycles. The first-order chi connectivity index (χ1) is 13.8. The molecule has 2 aromatic rings. The number of pyridine rings is 2. The number of hydrogen-bond acceptors (Lipinski definition) is 5. The molecular weight excluding hydrogens is 513 g/mol. The summed E-state index contributed by atoms with van der Waals surface area (Å²) >= 11 is 24.2. The maximum Gasteiger partial charge on any atom is 0.339 e. The predicted molar refractivity (Wildman–Crippen MR) is 129 cm³/mol. The zero-order valence-electron chi connectivity index (χ0n) is 16.1. The summed E-state index contributed by atoms with van der Waals surface area (Å²) in [5.41, 5.74) is 1.77. The monoisotopic (exact) mass is 530 g/mol. The summed E-state index contributed by atoms with van der Waals surface area (Å²) in [5, 5.41) is -0.188. The molecule has 164 valence electrons. The van der Waals surface area contributed by atoms with Crippen molar-refractivity contribution in [2.45, 2.75) is 20.8 Å². The Morgan fingerprint density at radius 3 is 2.00 bits per heavy atom. The molecule has 3 heterocycles. The first-order valence-corrected chi connectivity index (χ1v) is 13.3. The van der Waals surface area contributed by atoms with Gasteiger partial charge in [0, 0.05) is 18.0 Å². The third-order valence-corrected chi connectivity index (χ3v) is 3.98. The molecule has 30 heavy (non-hydrogen) atoms. The highest BCUT2D eigenvalue weighted by molar-refractivity contribution is 8.24. The second-order valence-electron chi connectivity index (χ2n) is 5.52. The fourth-order valence-electron chi connectivity index (χ4n) is 1.48. The van der Waals surface area contributed by atoms with Crippen LogP contribution in [0.5, 0.6) is 0 Å². The van der Waals surface area contributed by atoms with Crippen LogP contribution in [0.15, 0.2) is 46.4 Å². The molecule has 0 saturated carbocycles. The van der Waals surface area contributed by atoms with Gasteiger partial charge in [0.2, 0.25) is 5.91 Å². The average Bonchev–Trinajstić information content (AvgIpc) is 2.64. The van der Waals surface area contributed by atoms with Crippen molar-refractivity contribution in [1.29, 1.82) is 0 Å². The van der Waals surface area contributed by atoms with E-state index in [0.717, 1.165) is 11.1 Å². The molecule has 2 aromatic heterocycles. The summed E-state index contributed by atoms with van der Waals surface area (Å²) in [6.07, 6.45) is 4.62. The number of carbonyl (C=O) groups is 1. The molecule has 0 saturated heterocycles. The van der Waals surface area contributed by atoms with Crippen LogP contribution in [0.4, 0.5) is 0 Å². The molecular formula is C17H19Cl4N4O3PS. The van der Waals surface area contributed by atoms with Crippen molar-refractivity contribution >= 4 is 80.0 Å². The van der Waals surface area contributed by atoms with Crippen LogP contribution in [0, 0.1) is 19.8 Å². The Morgan fingerprint density at radius 1 is 1.10 bits per heavy atom. The third-order valence-electron chi connectivity index (χ3n) is 3.12. The molecule has 2 N–H and O–H groups in total. The Labute approximate surface area is 199 Å². The lowest BCUT2D eigenvalue weighted by Crippen LogP contribution is -2.35. The van der Waals surface area contributed by atoms with Crippen LogP contribution in [0.3, 0.4) is 0 Å². The van der Waals surface area contributed by atoms with Crippen LogP contribution in [0.2, 0.25) is 5.15 Å². The number of H-pyrrole nitrogens is 1. The maximum absolute atomic E-state index is 10.7. The molecule has 13 heteroatoms. The van der Waals surface area contributed by atoms with E-state index >= 15 is 0 Å². The minimum Gasteiger partial charge on any atom is -0.329 e. The van der Waals surface area contributed by atoms with E-state index < -0.39 is 5.20 Å². The van der Waals surface area contributed by atoms with E-state index in [4.69, 9.17) is 23.8 Å². The van der Waals surface area contributed by atoms with Crippen molar-refractivity contribution in [2.24, 2.45) is 10.9 Å². The lowest BCUT2D eigenvalue weighted by molar-refractivity contribution is -0.121. The summed E-state index contributed by atoms with van der Waals surface area (Å²) in [6.45, 7) is 5.43. The summed E-state index contributed by atoms with van der Waals surface area (Å²) in [4.78, 5) is 31.9. The summed E-state index contributed by atoms with van der Waals surface area (Å²) in [5.74, 6) is -0.319. The van der Waals surface area contributed by atoms with E-state index in [1.54, 1.807) is 38.4 Å². The van der Waals surface area contributed by atoms with Crippen molar-refractivity contribution in [3.8, 4) is 0 Å². The van der Waals surface area contributed by atoms with Crippen LogP contribution < -0.4 is 10.9 Å². The van der Waals surface area contributed by atoms with Gasteiger partial charge in [-0.25, -0.2) is 9.98 Å². The van der Waals surface area contributed by atoms with Gasteiger partial charge in [0.05, 0.1) is 12.3 Å². The van der Waals surface area contributed by atoms with Gasteiger partial charge in [0.15, 0.2) is 0 Å². The van der Waals surface area contributed by atoms with Crippen molar-refractivity contribution in [3.63, 3.8) is 0 Å². The first-order valence-electron chi connectivity index (χ1n) is 8.10. The summed E-state index contributed by atoms with van der Waals surface area (Å²) < 4.78 is 9.51. The number of aryl methyl sites for hydroxylation is 2. The van der Waals surface area contributed by atoms with Crippen LogP contribution in [-0.2, 0) is 9.36 Å². The van der Waals surface area contributed by atoms with Gasteiger partial charge in [-0.05, 0) is 72.2 Å². The number of aromatic amines is 1. The summed E-state index contributed by atoms with van der Waals surface area (Å²) in [7, 11) is 0. The molecule has 7 nitrogen and oxygen atoms in total. The fourth-order valence-corrected chi connectivity index (χ4v) is 1.76. The molecule has 3 rings (SSSR count). The second-order valence-corrected chi connectivity index (χ2v) is 12.9. The number of nitrogens with zero attached hydrogens (tertiary/aromatic N) is 2. The number of thiocarbonyl (C=S) groups is 1. The highest BCUT2D eigenvalue weighted by Gasteiger charge is 2.18. The number of halogens is 4. The number of nitrogens with one attached hydrogen (secondary N) is 2. The quantitative estimate of drug-likeness (QED) is 0.260. The van der Waals surface area contributed by atoms with Gasteiger partial charge in [0.1, 0.15) is 10.1 Å². The Kier molecular flexibility index (Phi) is 14.1. The SMILES string of the molecule is CC1C(=O)NC=NC1=S.Cc1ccc[nH]c1=O.Cc1cccnc1Cl.O=P(Cl)(Cl)Cl. The number of hydrogen-bond donors (Lipinski definition) is 2. The topological polar surface area (TPSA) is 104 Å². The first kappa shape index (κ1) is 28.7. The second kappa shape index (κ2) is 14.7. The summed E-state index contributed by atoms with van der Waals surface area (Å²) in [6, 6.07) is 7.37. The maximum atomic E-state index is 10.7. The van der Waals surface area contributed by atoms with Crippen LogP contribution >= 0.6 is 62.7 Å². The van der Waals surface area contributed by atoms with Gasteiger partial charge in [-0.15, -0.1) is 0 Å². The Balaban J connectivity index is 0.000000382. The lowest BCUT2D eigenvalue weighted by atomic mass is 10.1. The minimum atomic E-state index is -3.22. The normalized spacial score (nSPS) is 14.7. The average molecular weight is 532 g/mol. The third kappa shape index (κ3) is 14.7. The number of rotatable bonds is 0. The van der Waals surface area contributed by atoms with E-state index in [9.17, 15) is 14.2 Å². The van der Waals surface area contributed by atoms with E-state index in [2.05, 4.69) is 54.0 Å². The molecule has 0 fully saturated rings. The minimum absolute atomic E-state index is 0.00694. The standard InChI is InChI=1S/C6H6ClN.C6H7NO.C5H6N2OS.Cl3OP/c1-5-3-2-4-8-6(5)7;1-5-3-2-4-7-6(5)8;1-3-4(8)6-2-7-5(3)9;1-5(2,3)4/h2-4H,1H3;2-4H,1H3,(H,7,8);2-3H,1H3,(H,6,7,8,9);. The predicted octanol–water partition coefficient (Wildman–Crippen LogP) is 5.65. The fraction of sp³-hybridized carbons (Fsp3) is 0.235. The molecule has 0 aromatic carbocycles. The lowest BCUT2D eigenvalue weighted by Gasteiger charge is -2.11. The Morgan fingerprint density at radius 2 is 1.67 bits per heavy atom. The highest BCUT2D eigenvalue weighted by Crippen LogP contribution is 2.61. The van der Waals surface area contributed by atoms with Crippen LogP contribution in [0.1, 0.15) is 18.1 Å². The van der Waals surface area contributed by atoms with Crippen molar-refractivity contribution < 1.29 is 9.36 Å². The van der Waals surface area contributed by atoms with E-state index in [0.29, 0.717) is 10.1 Å². The van der Waals surface area contributed by atoms with Crippen molar-refractivity contribution in [3.05, 3.63) is 63.3 Å². The highest BCUT2D eigenvalue weighted by atomic mass is 36.0. The molecule has 1 atom stereocenters. The van der Waals surface area contributed by atoms with Gasteiger partial charge in [-0.1, -0.05) is 36.0 Å². The smallest absolute Gasteiger partial charge is 0.329 e. The van der Waals surface area contributed by atoms with Gasteiger partial charge in [-0.3, -0.25) is 14.2 Å². The zero-order chi connectivity index (χ0) is 23.3. The van der Waals surface area contributed by atoms with E-state index in [1.165, 1.54) is 6.34 Å². The van der Waals surface area contributed by atoms with E-state index in [1.807, 2.05) is 19.1 Å².